The van der Waals surface area contributed by atoms with E-state index in [2.05, 4.69) is 46.1 Å². The first-order valence-corrected chi connectivity index (χ1v) is 7.34. The molecule has 0 radical (unpaired) electrons. The number of hydrogen-bond donors (Lipinski definition) is 1. The Morgan fingerprint density at radius 1 is 1.20 bits per heavy atom. The van der Waals surface area contributed by atoms with E-state index in [1.165, 1.54) is 23.3 Å². The second-order valence-corrected chi connectivity index (χ2v) is 5.92. The lowest BCUT2D eigenvalue weighted by molar-refractivity contribution is 0.627. The van der Waals surface area contributed by atoms with Gasteiger partial charge in [0.25, 0.3) is 0 Å². The minimum Gasteiger partial charge on any atom is -0.378 e. The normalized spacial score (nSPS) is 12.3. The molecule has 0 saturated heterocycles. The fourth-order valence-corrected chi connectivity index (χ4v) is 3.07. The molecule has 0 bridgehead atoms. The molecular formula is C16H18BrFN2. The molecule has 106 valence electrons. The number of anilines is 1. The minimum atomic E-state index is -0.251. The van der Waals surface area contributed by atoms with Crippen LogP contribution in [0.3, 0.4) is 0 Å². The Morgan fingerprint density at radius 2 is 1.90 bits per heavy atom. The van der Waals surface area contributed by atoms with E-state index in [-0.39, 0.29) is 11.9 Å². The highest BCUT2D eigenvalue weighted by Crippen LogP contribution is 2.29. The van der Waals surface area contributed by atoms with Crippen molar-refractivity contribution in [3.8, 4) is 0 Å². The molecule has 1 unspecified atom stereocenters. The first-order valence-electron chi connectivity index (χ1n) is 6.55. The zero-order chi connectivity index (χ0) is 14.9. The van der Waals surface area contributed by atoms with Gasteiger partial charge in [0.2, 0.25) is 0 Å². The Balaban J connectivity index is 2.31. The summed E-state index contributed by atoms with van der Waals surface area (Å²) >= 11 is 3.38. The number of aryl methyl sites for hydroxylation is 3. The summed E-state index contributed by atoms with van der Waals surface area (Å²) in [6, 6.07) is 6.84. The zero-order valence-electron chi connectivity index (χ0n) is 12.1. The second kappa shape index (κ2) is 5.92. The molecule has 1 heterocycles. The predicted octanol–water partition coefficient (Wildman–Crippen LogP) is 5.08. The lowest BCUT2D eigenvalue weighted by Gasteiger charge is -2.21. The van der Waals surface area contributed by atoms with Crippen LogP contribution in [-0.4, -0.2) is 4.98 Å². The van der Waals surface area contributed by atoms with Crippen LogP contribution in [-0.2, 0) is 0 Å². The fourth-order valence-electron chi connectivity index (χ4n) is 2.60. The molecule has 1 atom stereocenters. The van der Waals surface area contributed by atoms with E-state index in [1.54, 1.807) is 6.07 Å². The Bertz CT molecular complexity index is 617. The summed E-state index contributed by atoms with van der Waals surface area (Å²) in [5, 5.41) is 3.40. The largest absolute Gasteiger partial charge is 0.378 e. The average molecular weight is 337 g/mol. The van der Waals surface area contributed by atoms with Gasteiger partial charge in [0.05, 0.1) is 6.04 Å². The number of rotatable bonds is 3. The van der Waals surface area contributed by atoms with Crippen LogP contribution in [0.25, 0.3) is 0 Å². The summed E-state index contributed by atoms with van der Waals surface area (Å²) < 4.78 is 13.8. The van der Waals surface area contributed by atoms with Crippen LogP contribution in [0.2, 0.25) is 0 Å². The van der Waals surface area contributed by atoms with Gasteiger partial charge in [0, 0.05) is 21.5 Å². The Morgan fingerprint density at radius 3 is 2.50 bits per heavy atom. The van der Waals surface area contributed by atoms with Crippen molar-refractivity contribution >= 4 is 21.6 Å². The number of nitrogens with one attached hydrogen (secondary N) is 1. The van der Waals surface area contributed by atoms with Crippen molar-refractivity contribution in [3.63, 3.8) is 0 Å². The van der Waals surface area contributed by atoms with Crippen LogP contribution in [0, 0.1) is 26.6 Å². The summed E-state index contributed by atoms with van der Waals surface area (Å²) in [5.41, 5.74) is 5.33. The molecule has 2 aromatic rings. The SMILES string of the molecule is Cc1cc(C)c(C(C)Nc2ccc(F)cc2Br)c(C)n1. The van der Waals surface area contributed by atoms with E-state index in [0.717, 1.165) is 21.5 Å². The van der Waals surface area contributed by atoms with Crippen LogP contribution in [0.1, 0.15) is 35.5 Å². The van der Waals surface area contributed by atoms with Gasteiger partial charge in [-0.1, -0.05) is 0 Å². The third-order valence-corrected chi connectivity index (χ3v) is 3.98. The van der Waals surface area contributed by atoms with Crippen molar-refractivity contribution in [3.05, 3.63) is 57.1 Å². The lowest BCUT2D eigenvalue weighted by Crippen LogP contribution is -2.12. The summed E-state index contributed by atoms with van der Waals surface area (Å²) in [4.78, 5) is 4.52. The fraction of sp³-hybridized carbons (Fsp3) is 0.312. The molecule has 0 spiro atoms. The molecule has 0 amide bonds. The molecule has 0 fully saturated rings. The molecule has 0 aliphatic heterocycles. The molecule has 2 rings (SSSR count). The van der Waals surface area contributed by atoms with Crippen molar-refractivity contribution < 1.29 is 4.39 Å². The van der Waals surface area contributed by atoms with E-state index in [1.807, 2.05) is 13.8 Å². The van der Waals surface area contributed by atoms with Crippen molar-refractivity contribution in [2.24, 2.45) is 0 Å². The van der Waals surface area contributed by atoms with Crippen molar-refractivity contribution in [1.82, 2.24) is 4.98 Å². The third kappa shape index (κ3) is 3.18. The topological polar surface area (TPSA) is 24.9 Å². The monoisotopic (exact) mass is 336 g/mol. The van der Waals surface area contributed by atoms with Crippen LogP contribution < -0.4 is 5.32 Å². The van der Waals surface area contributed by atoms with Gasteiger partial charge in [-0.2, -0.15) is 0 Å². The number of halogens is 2. The van der Waals surface area contributed by atoms with Gasteiger partial charge in [0.1, 0.15) is 5.82 Å². The van der Waals surface area contributed by atoms with E-state index >= 15 is 0 Å². The van der Waals surface area contributed by atoms with Crippen LogP contribution in [0.4, 0.5) is 10.1 Å². The summed E-state index contributed by atoms with van der Waals surface area (Å²) in [6.07, 6.45) is 0. The van der Waals surface area contributed by atoms with Crippen LogP contribution >= 0.6 is 15.9 Å². The van der Waals surface area contributed by atoms with E-state index in [9.17, 15) is 4.39 Å². The molecule has 1 aromatic heterocycles. The molecular weight excluding hydrogens is 319 g/mol. The third-order valence-electron chi connectivity index (χ3n) is 3.32. The van der Waals surface area contributed by atoms with Crippen molar-refractivity contribution in [1.29, 1.82) is 0 Å². The Hall–Kier alpha value is -1.42. The van der Waals surface area contributed by atoms with Crippen LogP contribution in [0.15, 0.2) is 28.7 Å². The Kier molecular flexibility index (Phi) is 4.43. The highest BCUT2D eigenvalue weighted by atomic mass is 79.9. The standard InChI is InChI=1S/C16H18BrFN2/c1-9-7-10(2)19-11(3)16(9)12(4)20-15-6-5-13(18)8-14(15)17/h5-8,12,20H,1-4H3. The molecule has 0 aliphatic carbocycles. The van der Waals surface area contributed by atoms with Gasteiger partial charge in [0.15, 0.2) is 0 Å². The number of pyridine rings is 1. The van der Waals surface area contributed by atoms with Crippen molar-refractivity contribution in [2.45, 2.75) is 33.7 Å². The van der Waals surface area contributed by atoms with Crippen molar-refractivity contribution in [2.75, 3.05) is 5.32 Å². The first kappa shape index (κ1) is 15.0. The highest BCUT2D eigenvalue weighted by molar-refractivity contribution is 9.10. The number of aromatic nitrogens is 1. The predicted molar refractivity (Wildman–Crippen MR) is 84.6 cm³/mol. The lowest BCUT2D eigenvalue weighted by atomic mass is 10.00. The molecule has 1 N–H and O–H groups in total. The molecule has 20 heavy (non-hydrogen) atoms. The maximum absolute atomic E-state index is 13.1. The maximum Gasteiger partial charge on any atom is 0.124 e. The molecule has 0 aliphatic rings. The summed E-state index contributed by atoms with van der Waals surface area (Å²) in [6.45, 7) is 8.20. The molecule has 0 saturated carbocycles. The van der Waals surface area contributed by atoms with Gasteiger partial charge < -0.3 is 5.32 Å². The van der Waals surface area contributed by atoms with Gasteiger partial charge >= 0.3 is 0 Å². The van der Waals surface area contributed by atoms with Gasteiger partial charge in [-0.25, -0.2) is 4.39 Å². The van der Waals surface area contributed by atoms with Gasteiger partial charge in [-0.05, 0) is 79.0 Å². The average Bonchev–Trinajstić information content (AvgIpc) is 2.31. The zero-order valence-corrected chi connectivity index (χ0v) is 13.7. The molecule has 2 nitrogen and oxygen atoms in total. The van der Waals surface area contributed by atoms with Crippen LogP contribution in [0.5, 0.6) is 0 Å². The van der Waals surface area contributed by atoms with E-state index in [0.29, 0.717) is 0 Å². The van der Waals surface area contributed by atoms with E-state index < -0.39 is 0 Å². The minimum absolute atomic E-state index is 0.102. The maximum atomic E-state index is 13.1. The summed E-state index contributed by atoms with van der Waals surface area (Å²) in [7, 11) is 0. The number of hydrogen-bond acceptors (Lipinski definition) is 2. The van der Waals surface area contributed by atoms with E-state index in [4.69, 9.17) is 0 Å². The molecule has 4 heteroatoms. The van der Waals surface area contributed by atoms with Gasteiger partial charge in [-0.15, -0.1) is 0 Å². The number of nitrogens with zero attached hydrogens (tertiary/aromatic N) is 1. The quantitative estimate of drug-likeness (QED) is 0.845. The molecule has 1 aromatic carbocycles. The summed E-state index contributed by atoms with van der Waals surface area (Å²) in [5.74, 6) is -0.251. The number of benzene rings is 1. The Labute approximate surface area is 127 Å². The first-order chi connectivity index (χ1) is 9.38. The highest BCUT2D eigenvalue weighted by Gasteiger charge is 2.14. The smallest absolute Gasteiger partial charge is 0.124 e. The second-order valence-electron chi connectivity index (χ2n) is 5.07. The van der Waals surface area contributed by atoms with Gasteiger partial charge in [-0.3, -0.25) is 4.98 Å².